The maximum absolute atomic E-state index is 13.1. The number of ketones is 1. The highest BCUT2D eigenvalue weighted by molar-refractivity contribution is 6.13. The molecule has 5 nitrogen and oxygen atoms in total. The zero-order valence-electron chi connectivity index (χ0n) is 14.3. The number of hydrogen-bond acceptors (Lipinski definition) is 4. The van der Waals surface area contributed by atoms with Crippen LogP contribution in [0, 0.1) is 0 Å². The van der Waals surface area contributed by atoms with Crippen LogP contribution in [0.25, 0.3) is 27.8 Å². The van der Waals surface area contributed by atoms with Gasteiger partial charge in [-0.25, -0.2) is 9.50 Å². The first-order valence-corrected chi connectivity index (χ1v) is 8.62. The first-order valence-electron chi connectivity index (χ1n) is 8.62. The highest BCUT2D eigenvalue weighted by atomic mass is 16.1. The Bertz CT molecular complexity index is 1280. The molecule has 0 unspecified atom stereocenters. The van der Waals surface area contributed by atoms with Crippen molar-refractivity contribution in [2.45, 2.75) is 0 Å². The van der Waals surface area contributed by atoms with Gasteiger partial charge in [-0.05, 0) is 12.1 Å². The molecule has 0 spiro atoms. The number of fused-ring (bicyclic) bond motifs is 3. The Morgan fingerprint density at radius 1 is 0.778 bits per heavy atom. The lowest BCUT2D eigenvalue weighted by Gasteiger charge is -2.08. The molecule has 5 heteroatoms. The van der Waals surface area contributed by atoms with Crippen molar-refractivity contribution >= 4 is 22.3 Å². The van der Waals surface area contributed by atoms with Gasteiger partial charge < -0.3 is 0 Å². The zero-order valence-corrected chi connectivity index (χ0v) is 14.3. The largest absolute Gasteiger partial charge is 0.287 e. The van der Waals surface area contributed by atoms with E-state index in [1.807, 2.05) is 72.8 Å². The maximum Gasteiger partial charge on any atom is 0.215 e. The van der Waals surface area contributed by atoms with E-state index in [2.05, 4.69) is 10.3 Å². The summed E-state index contributed by atoms with van der Waals surface area (Å²) in [6.07, 6.45) is 0. The number of rotatable bonds is 3. The second-order valence-corrected chi connectivity index (χ2v) is 6.21. The van der Waals surface area contributed by atoms with Crippen LogP contribution < -0.4 is 0 Å². The molecule has 5 rings (SSSR count). The molecule has 0 saturated carbocycles. The summed E-state index contributed by atoms with van der Waals surface area (Å²) < 4.78 is 1.71. The summed E-state index contributed by atoms with van der Waals surface area (Å²) >= 11 is 0. The highest BCUT2D eigenvalue weighted by Gasteiger charge is 2.22. The number of hydrogen-bond donors (Lipinski definition) is 0. The van der Waals surface area contributed by atoms with Gasteiger partial charge in [0, 0.05) is 11.1 Å². The van der Waals surface area contributed by atoms with Crippen molar-refractivity contribution in [3.05, 3.63) is 96.2 Å². The van der Waals surface area contributed by atoms with Crippen LogP contribution in [0.4, 0.5) is 0 Å². The molecule has 0 bridgehead atoms. The van der Waals surface area contributed by atoms with E-state index in [0.717, 1.165) is 16.6 Å². The number of carbonyl (C=O) groups is 1. The number of aromatic nitrogens is 4. The summed E-state index contributed by atoms with van der Waals surface area (Å²) in [7, 11) is 0. The number of para-hydroxylation sites is 2. The van der Waals surface area contributed by atoms with Crippen LogP contribution in [-0.2, 0) is 0 Å². The fourth-order valence-electron chi connectivity index (χ4n) is 3.25. The number of nitrogens with zero attached hydrogens (tertiary/aromatic N) is 4. The van der Waals surface area contributed by atoms with Crippen LogP contribution >= 0.6 is 0 Å². The van der Waals surface area contributed by atoms with Crippen molar-refractivity contribution in [1.82, 2.24) is 19.8 Å². The second kappa shape index (κ2) is 6.14. The molecule has 2 aromatic heterocycles. The molecule has 0 N–H and O–H groups in total. The van der Waals surface area contributed by atoms with Crippen molar-refractivity contribution in [1.29, 1.82) is 0 Å². The summed E-state index contributed by atoms with van der Waals surface area (Å²) in [6, 6.07) is 26.6. The molecule has 3 aromatic carbocycles. The predicted octanol–water partition coefficient (Wildman–Crippen LogP) is 4.18. The van der Waals surface area contributed by atoms with Crippen molar-refractivity contribution in [3.8, 4) is 11.3 Å². The highest BCUT2D eigenvalue weighted by Crippen LogP contribution is 2.28. The van der Waals surface area contributed by atoms with Crippen molar-refractivity contribution < 1.29 is 4.79 Å². The van der Waals surface area contributed by atoms with Crippen molar-refractivity contribution in [2.24, 2.45) is 0 Å². The normalized spacial score (nSPS) is 11.1. The molecule has 27 heavy (non-hydrogen) atoms. The van der Waals surface area contributed by atoms with Crippen LogP contribution in [-0.4, -0.2) is 25.6 Å². The van der Waals surface area contributed by atoms with E-state index < -0.39 is 0 Å². The Morgan fingerprint density at radius 2 is 1.44 bits per heavy atom. The van der Waals surface area contributed by atoms with Gasteiger partial charge in [0.25, 0.3) is 0 Å². The summed E-state index contributed by atoms with van der Waals surface area (Å²) in [5.41, 5.74) is 4.72. The van der Waals surface area contributed by atoms with Crippen LogP contribution in [0.3, 0.4) is 0 Å². The standard InChI is InChI=1S/C22H14N4O/c27-22(16-11-5-2-6-12-16)20-21-19(15-9-3-1-4-10-15)23-17-13-7-8-14-18(17)26(21)25-24-20/h1-14H. The minimum absolute atomic E-state index is 0.167. The Labute approximate surface area is 154 Å². The van der Waals surface area contributed by atoms with Gasteiger partial charge in [-0.15, -0.1) is 5.10 Å². The fourth-order valence-corrected chi connectivity index (χ4v) is 3.25. The monoisotopic (exact) mass is 350 g/mol. The van der Waals surface area contributed by atoms with Crippen molar-refractivity contribution in [2.75, 3.05) is 0 Å². The molecular formula is C22H14N4O. The molecule has 0 aliphatic rings. The van der Waals surface area contributed by atoms with E-state index in [4.69, 9.17) is 4.98 Å². The third-order valence-electron chi connectivity index (χ3n) is 4.54. The van der Waals surface area contributed by atoms with Gasteiger partial charge in [-0.2, -0.15) is 0 Å². The smallest absolute Gasteiger partial charge is 0.215 e. The Hall–Kier alpha value is -3.86. The van der Waals surface area contributed by atoms with E-state index in [1.54, 1.807) is 16.6 Å². The number of benzene rings is 3. The third kappa shape index (κ3) is 2.48. The van der Waals surface area contributed by atoms with E-state index in [1.165, 1.54) is 0 Å². The van der Waals surface area contributed by atoms with Gasteiger partial charge in [-0.3, -0.25) is 4.79 Å². The molecule has 0 aliphatic carbocycles. The van der Waals surface area contributed by atoms with E-state index >= 15 is 0 Å². The molecule has 0 atom stereocenters. The predicted molar refractivity (Wildman–Crippen MR) is 104 cm³/mol. The summed E-state index contributed by atoms with van der Waals surface area (Å²) in [5.74, 6) is -0.167. The molecule has 0 amide bonds. The minimum Gasteiger partial charge on any atom is -0.287 e. The maximum atomic E-state index is 13.1. The van der Waals surface area contributed by atoms with Gasteiger partial charge in [0.1, 0.15) is 5.52 Å². The first kappa shape index (κ1) is 15.4. The number of carbonyl (C=O) groups excluding carboxylic acids is 1. The third-order valence-corrected chi connectivity index (χ3v) is 4.54. The lowest BCUT2D eigenvalue weighted by atomic mass is 10.0. The summed E-state index contributed by atoms with van der Waals surface area (Å²) in [5, 5.41) is 8.52. The average molecular weight is 350 g/mol. The molecule has 0 saturated heterocycles. The summed E-state index contributed by atoms with van der Waals surface area (Å²) in [4.78, 5) is 17.9. The van der Waals surface area contributed by atoms with E-state index in [-0.39, 0.29) is 5.78 Å². The quantitative estimate of drug-likeness (QED) is 0.458. The Kier molecular flexibility index (Phi) is 3.50. The van der Waals surface area contributed by atoms with Gasteiger partial charge >= 0.3 is 0 Å². The first-order chi connectivity index (χ1) is 13.3. The fraction of sp³-hybridized carbons (Fsp3) is 0. The SMILES string of the molecule is O=C(c1ccccc1)c1nnn2c1c(-c1ccccc1)nc1ccccc12. The van der Waals surface area contributed by atoms with Gasteiger partial charge in [0.2, 0.25) is 5.78 Å². The Morgan fingerprint density at radius 3 is 2.22 bits per heavy atom. The Balaban J connectivity index is 1.86. The zero-order chi connectivity index (χ0) is 18.2. The van der Waals surface area contributed by atoms with Crippen LogP contribution in [0.1, 0.15) is 16.1 Å². The van der Waals surface area contributed by atoms with E-state index in [9.17, 15) is 4.79 Å². The lowest BCUT2D eigenvalue weighted by Crippen LogP contribution is -2.04. The van der Waals surface area contributed by atoms with Crippen LogP contribution in [0.15, 0.2) is 84.9 Å². The topological polar surface area (TPSA) is 60.2 Å². The van der Waals surface area contributed by atoms with Crippen LogP contribution in [0.2, 0.25) is 0 Å². The molecule has 2 heterocycles. The minimum atomic E-state index is -0.167. The molecule has 5 aromatic rings. The average Bonchev–Trinajstić information content (AvgIpc) is 3.19. The molecule has 0 fully saturated rings. The van der Waals surface area contributed by atoms with E-state index in [0.29, 0.717) is 22.5 Å². The molecule has 0 aliphatic heterocycles. The van der Waals surface area contributed by atoms with Gasteiger partial charge in [0.05, 0.1) is 16.7 Å². The summed E-state index contributed by atoms with van der Waals surface area (Å²) in [6.45, 7) is 0. The lowest BCUT2D eigenvalue weighted by molar-refractivity contribution is 0.103. The van der Waals surface area contributed by atoms with Crippen LogP contribution in [0.5, 0.6) is 0 Å². The second-order valence-electron chi connectivity index (χ2n) is 6.21. The van der Waals surface area contributed by atoms with Gasteiger partial charge in [-0.1, -0.05) is 78.0 Å². The molecule has 128 valence electrons. The van der Waals surface area contributed by atoms with Crippen molar-refractivity contribution in [3.63, 3.8) is 0 Å². The molecule has 0 radical (unpaired) electrons. The molecular weight excluding hydrogens is 336 g/mol. The van der Waals surface area contributed by atoms with Gasteiger partial charge in [0.15, 0.2) is 5.69 Å².